The minimum Gasteiger partial charge on any atom is -0.337 e. The lowest BCUT2D eigenvalue weighted by Gasteiger charge is -2.15. The highest BCUT2D eigenvalue weighted by molar-refractivity contribution is 8.05. The van der Waals surface area contributed by atoms with E-state index in [1.807, 2.05) is 23.1 Å². The third kappa shape index (κ3) is 1.31. The molecule has 0 amide bonds. The monoisotopic (exact) mass is 247 g/mol. The number of fused-ring (bicyclic) bond motifs is 3. The molecule has 16 heavy (non-hydrogen) atoms. The van der Waals surface area contributed by atoms with E-state index in [1.165, 1.54) is 30.6 Å². The Morgan fingerprint density at radius 1 is 1.19 bits per heavy atom. The molecule has 0 aliphatic carbocycles. The second-order valence-electron chi connectivity index (χ2n) is 4.20. The van der Waals surface area contributed by atoms with Crippen LogP contribution < -0.4 is 4.90 Å². The first kappa shape index (κ1) is 10.2. The first-order chi connectivity index (χ1) is 7.68. The van der Waals surface area contributed by atoms with E-state index in [4.69, 9.17) is 0 Å². The van der Waals surface area contributed by atoms with Crippen LogP contribution in [-0.4, -0.2) is 7.05 Å². The van der Waals surface area contributed by atoms with Crippen molar-refractivity contribution in [1.29, 1.82) is 0 Å². The molecule has 0 bridgehead atoms. The number of benzene rings is 1. The predicted molar refractivity (Wildman–Crippen MR) is 74.5 cm³/mol. The fourth-order valence-corrected chi connectivity index (χ4v) is 4.68. The Kier molecular flexibility index (Phi) is 2.26. The molecule has 1 aliphatic heterocycles. The summed E-state index contributed by atoms with van der Waals surface area (Å²) in [5.41, 5.74) is 2.78. The van der Waals surface area contributed by atoms with Crippen LogP contribution in [0, 0.1) is 0 Å². The first-order valence-corrected chi connectivity index (χ1v) is 6.92. The Morgan fingerprint density at radius 3 is 2.69 bits per heavy atom. The van der Waals surface area contributed by atoms with Crippen molar-refractivity contribution >= 4 is 38.9 Å². The Bertz CT molecular complexity index is 591. The van der Waals surface area contributed by atoms with E-state index in [-0.39, 0.29) is 0 Å². The van der Waals surface area contributed by atoms with Gasteiger partial charge >= 0.3 is 0 Å². The van der Waals surface area contributed by atoms with E-state index in [2.05, 4.69) is 50.1 Å². The summed E-state index contributed by atoms with van der Waals surface area (Å²) in [4.78, 5) is 2.33. The molecule has 0 N–H and O–H groups in total. The van der Waals surface area contributed by atoms with Gasteiger partial charge in [-0.05, 0) is 25.5 Å². The number of thioether (sulfide) groups is 1. The van der Waals surface area contributed by atoms with Crippen molar-refractivity contribution in [3.8, 4) is 0 Å². The second kappa shape index (κ2) is 3.54. The molecule has 0 atom stereocenters. The van der Waals surface area contributed by atoms with E-state index in [1.54, 1.807) is 0 Å². The summed E-state index contributed by atoms with van der Waals surface area (Å²) in [5.74, 6) is 0. The third-order valence-corrected chi connectivity index (χ3v) is 5.50. The molecule has 82 valence electrons. The Morgan fingerprint density at radius 2 is 1.94 bits per heavy atom. The maximum atomic E-state index is 2.33. The number of thiophene rings is 1. The van der Waals surface area contributed by atoms with Crippen molar-refractivity contribution in [2.45, 2.75) is 18.1 Å². The lowest BCUT2D eigenvalue weighted by atomic mass is 10.2. The molecule has 0 fully saturated rings. The topological polar surface area (TPSA) is 3.24 Å². The zero-order valence-corrected chi connectivity index (χ0v) is 11.2. The summed E-state index contributed by atoms with van der Waals surface area (Å²) in [6.45, 7) is 4.36. The number of hydrogen-bond donors (Lipinski definition) is 0. The fourth-order valence-electron chi connectivity index (χ4n) is 2.09. The number of allylic oxidation sites excluding steroid dienone is 1. The lowest BCUT2D eigenvalue weighted by molar-refractivity contribution is 1.16. The second-order valence-corrected chi connectivity index (χ2v) is 6.51. The molecule has 0 saturated carbocycles. The van der Waals surface area contributed by atoms with Crippen molar-refractivity contribution in [2.75, 3.05) is 11.9 Å². The number of nitrogens with zero attached hydrogens (tertiary/aromatic N) is 1. The number of anilines is 1. The lowest BCUT2D eigenvalue weighted by Crippen LogP contribution is -2.10. The van der Waals surface area contributed by atoms with E-state index in [0.29, 0.717) is 0 Å². The zero-order chi connectivity index (χ0) is 11.3. The standard InChI is InChI=1S/C13H13NS2/c1-8(2)12-14(3)11-9-6-4-5-7-10(9)15-13(11)16-12/h4-7H,1-3H3. The van der Waals surface area contributed by atoms with Gasteiger partial charge in [0, 0.05) is 17.1 Å². The van der Waals surface area contributed by atoms with Crippen LogP contribution in [0.3, 0.4) is 0 Å². The van der Waals surface area contributed by atoms with Crippen LogP contribution in [0.2, 0.25) is 0 Å². The molecule has 1 aromatic heterocycles. The van der Waals surface area contributed by atoms with Gasteiger partial charge in [-0.15, -0.1) is 11.3 Å². The van der Waals surface area contributed by atoms with Crippen LogP contribution in [0.5, 0.6) is 0 Å². The summed E-state index contributed by atoms with van der Waals surface area (Å²) >= 11 is 3.80. The van der Waals surface area contributed by atoms with Gasteiger partial charge < -0.3 is 4.90 Å². The minimum absolute atomic E-state index is 1.38. The van der Waals surface area contributed by atoms with Gasteiger partial charge in [0.2, 0.25) is 0 Å². The summed E-state index contributed by atoms with van der Waals surface area (Å²) in [6, 6.07) is 8.65. The van der Waals surface area contributed by atoms with Crippen LogP contribution in [0.1, 0.15) is 13.8 Å². The maximum Gasteiger partial charge on any atom is 0.0910 e. The maximum absolute atomic E-state index is 2.33. The molecule has 1 aromatic carbocycles. The van der Waals surface area contributed by atoms with Gasteiger partial charge in [-0.3, -0.25) is 0 Å². The van der Waals surface area contributed by atoms with E-state index in [9.17, 15) is 0 Å². The molecular formula is C13H13NS2. The van der Waals surface area contributed by atoms with Gasteiger partial charge in [-0.1, -0.05) is 30.0 Å². The molecule has 1 aliphatic rings. The summed E-state index contributed by atoms with van der Waals surface area (Å²) < 4.78 is 2.82. The molecule has 0 spiro atoms. The average Bonchev–Trinajstić information content (AvgIpc) is 2.75. The zero-order valence-electron chi connectivity index (χ0n) is 9.57. The number of hydrogen-bond acceptors (Lipinski definition) is 3. The van der Waals surface area contributed by atoms with E-state index >= 15 is 0 Å². The SMILES string of the molecule is CC(C)=C1Sc2sc3ccccc3c2N1C. The highest BCUT2D eigenvalue weighted by atomic mass is 32.2. The van der Waals surface area contributed by atoms with Crippen molar-refractivity contribution in [3.63, 3.8) is 0 Å². The average molecular weight is 247 g/mol. The fraction of sp³-hybridized carbons (Fsp3) is 0.231. The number of rotatable bonds is 0. The van der Waals surface area contributed by atoms with Gasteiger partial charge in [0.1, 0.15) is 0 Å². The van der Waals surface area contributed by atoms with Gasteiger partial charge in [0.15, 0.2) is 0 Å². The largest absolute Gasteiger partial charge is 0.337 e. The molecule has 3 rings (SSSR count). The molecule has 0 unspecified atom stereocenters. The van der Waals surface area contributed by atoms with Gasteiger partial charge in [0.25, 0.3) is 0 Å². The summed E-state index contributed by atoms with van der Waals surface area (Å²) in [6.07, 6.45) is 0. The molecular weight excluding hydrogens is 234 g/mol. The minimum atomic E-state index is 1.38. The molecule has 0 saturated heterocycles. The van der Waals surface area contributed by atoms with Crippen molar-refractivity contribution in [2.24, 2.45) is 0 Å². The summed E-state index contributed by atoms with van der Waals surface area (Å²) in [7, 11) is 2.17. The van der Waals surface area contributed by atoms with Gasteiger partial charge in [-0.2, -0.15) is 0 Å². The highest BCUT2D eigenvalue weighted by Gasteiger charge is 2.27. The van der Waals surface area contributed by atoms with E-state index < -0.39 is 0 Å². The van der Waals surface area contributed by atoms with Crippen LogP contribution >= 0.6 is 23.1 Å². The van der Waals surface area contributed by atoms with Crippen molar-refractivity contribution in [3.05, 3.63) is 34.9 Å². The van der Waals surface area contributed by atoms with Gasteiger partial charge in [0.05, 0.1) is 14.9 Å². The highest BCUT2D eigenvalue weighted by Crippen LogP contribution is 2.54. The quantitative estimate of drug-likeness (QED) is 0.664. The first-order valence-electron chi connectivity index (χ1n) is 5.29. The van der Waals surface area contributed by atoms with Crippen LogP contribution in [0.15, 0.2) is 39.1 Å². The molecule has 2 aromatic rings. The summed E-state index contributed by atoms with van der Waals surface area (Å²) in [5, 5.41) is 2.76. The Labute approximate surface area is 104 Å². The van der Waals surface area contributed by atoms with Gasteiger partial charge in [-0.25, -0.2) is 0 Å². The molecule has 0 radical (unpaired) electrons. The van der Waals surface area contributed by atoms with Crippen LogP contribution in [0.25, 0.3) is 10.1 Å². The normalized spacial score (nSPS) is 14.7. The van der Waals surface area contributed by atoms with Crippen LogP contribution in [0.4, 0.5) is 5.69 Å². The van der Waals surface area contributed by atoms with E-state index in [0.717, 1.165) is 0 Å². The smallest absolute Gasteiger partial charge is 0.0910 e. The molecule has 3 heteroatoms. The third-order valence-electron chi connectivity index (χ3n) is 2.80. The predicted octanol–water partition coefficient (Wildman–Crippen LogP) is 4.69. The Balaban J connectivity index is 2.27. The van der Waals surface area contributed by atoms with Crippen molar-refractivity contribution < 1.29 is 0 Å². The molecule has 2 heterocycles. The van der Waals surface area contributed by atoms with Crippen molar-refractivity contribution in [1.82, 2.24) is 0 Å². The van der Waals surface area contributed by atoms with Crippen LogP contribution in [-0.2, 0) is 0 Å². The Hall–Kier alpha value is -0.930. The molecule has 1 nitrogen and oxygen atoms in total.